The van der Waals surface area contributed by atoms with Crippen LogP contribution in [-0.4, -0.2) is 34.9 Å². The van der Waals surface area contributed by atoms with Crippen molar-refractivity contribution in [2.24, 2.45) is 0 Å². The summed E-state index contributed by atoms with van der Waals surface area (Å²) in [5, 5.41) is 16.7. The monoisotopic (exact) mass is 270 g/mol. The maximum Gasteiger partial charge on any atom is 0.300 e. The van der Waals surface area contributed by atoms with E-state index in [4.69, 9.17) is 11.6 Å². The molecule has 0 saturated carbocycles. The summed E-state index contributed by atoms with van der Waals surface area (Å²) in [6.07, 6.45) is 1.79. The molecule has 1 saturated heterocycles. The highest BCUT2D eigenvalue weighted by molar-refractivity contribution is 6.29. The first-order valence-electron chi connectivity index (χ1n) is 5.39. The molecule has 1 aromatic heterocycles. The number of aromatic nitrogens is 1. The number of carbonyl (C=O) groups excluding carboxylic acids is 1. The van der Waals surface area contributed by atoms with Gasteiger partial charge in [-0.3, -0.25) is 14.9 Å². The fraction of sp³-hybridized carbons (Fsp3) is 0.400. The summed E-state index contributed by atoms with van der Waals surface area (Å²) in [4.78, 5) is 25.7. The molecule has 1 atom stereocenters. The Kier molecular flexibility index (Phi) is 3.73. The van der Waals surface area contributed by atoms with Crippen molar-refractivity contribution in [2.75, 3.05) is 13.1 Å². The molecule has 7 nitrogen and oxygen atoms in total. The van der Waals surface area contributed by atoms with E-state index in [1.165, 1.54) is 6.07 Å². The van der Waals surface area contributed by atoms with Gasteiger partial charge in [0.15, 0.2) is 0 Å². The predicted molar refractivity (Wildman–Crippen MR) is 64.6 cm³/mol. The third kappa shape index (κ3) is 2.74. The van der Waals surface area contributed by atoms with Crippen molar-refractivity contribution in [3.8, 4) is 0 Å². The average Bonchev–Trinajstić information content (AvgIpc) is 2.81. The van der Waals surface area contributed by atoms with Crippen LogP contribution in [0.4, 0.5) is 5.69 Å². The van der Waals surface area contributed by atoms with Crippen LogP contribution in [0.2, 0.25) is 5.15 Å². The molecular weight excluding hydrogens is 260 g/mol. The van der Waals surface area contributed by atoms with Crippen molar-refractivity contribution in [2.45, 2.75) is 12.5 Å². The first-order chi connectivity index (χ1) is 8.58. The summed E-state index contributed by atoms with van der Waals surface area (Å²) in [6.45, 7) is 1.49. The van der Waals surface area contributed by atoms with Gasteiger partial charge in [-0.25, -0.2) is 4.98 Å². The topological polar surface area (TPSA) is 97.2 Å². The maximum absolute atomic E-state index is 11.9. The van der Waals surface area contributed by atoms with Crippen LogP contribution in [0, 0.1) is 10.1 Å². The zero-order chi connectivity index (χ0) is 13.1. The predicted octanol–water partition coefficient (Wildman–Crippen LogP) is 0.735. The summed E-state index contributed by atoms with van der Waals surface area (Å²) in [5.41, 5.74) is -0.408. The van der Waals surface area contributed by atoms with E-state index in [0.29, 0.717) is 6.54 Å². The molecule has 0 radical (unpaired) electrons. The number of nitrogens with one attached hydrogen (secondary N) is 2. The molecule has 2 N–H and O–H groups in total. The van der Waals surface area contributed by atoms with Crippen molar-refractivity contribution >= 4 is 23.2 Å². The Labute approximate surface area is 108 Å². The molecule has 0 unspecified atom stereocenters. The van der Waals surface area contributed by atoms with E-state index >= 15 is 0 Å². The molecule has 0 aliphatic carbocycles. The van der Waals surface area contributed by atoms with Crippen LogP contribution in [0.15, 0.2) is 12.3 Å². The first-order valence-corrected chi connectivity index (χ1v) is 5.77. The molecule has 8 heteroatoms. The smallest absolute Gasteiger partial charge is 0.300 e. The first kappa shape index (κ1) is 12.7. The summed E-state index contributed by atoms with van der Waals surface area (Å²) >= 11 is 5.66. The molecule has 2 rings (SSSR count). The number of carbonyl (C=O) groups is 1. The molecular formula is C10H11ClN4O3. The van der Waals surface area contributed by atoms with Crippen molar-refractivity contribution in [1.82, 2.24) is 15.6 Å². The highest BCUT2D eigenvalue weighted by Crippen LogP contribution is 2.20. The lowest BCUT2D eigenvalue weighted by molar-refractivity contribution is -0.385. The number of halogens is 1. The molecule has 0 bridgehead atoms. The number of pyridine rings is 1. The minimum Gasteiger partial charge on any atom is -0.348 e. The molecule has 0 aromatic carbocycles. The van der Waals surface area contributed by atoms with Gasteiger partial charge in [-0.2, -0.15) is 0 Å². The van der Waals surface area contributed by atoms with E-state index in [-0.39, 0.29) is 22.4 Å². The summed E-state index contributed by atoms with van der Waals surface area (Å²) in [6, 6.07) is 1.20. The number of amides is 1. The highest BCUT2D eigenvalue weighted by atomic mass is 35.5. The lowest BCUT2D eigenvalue weighted by Crippen LogP contribution is -2.36. The number of hydrogen-bond donors (Lipinski definition) is 2. The summed E-state index contributed by atoms with van der Waals surface area (Å²) in [7, 11) is 0. The quantitative estimate of drug-likeness (QED) is 0.479. The normalized spacial score (nSPS) is 18.6. The summed E-state index contributed by atoms with van der Waals surface area (Å²) < 4.78 is 0. The van der Waals surface area contributed by atoms with E-state index in [1.807, 2.05) is 0 Å². The Bertz CT molecular complexity index is 488. The van der Waals surface area contributed by atoms with Gasteiger partial charge in [0.2, 0.25) is 0 Å². The summed E-state index contributed by atoms with van der Waals surface area (Å²) in [5.74, 6) is -0.500. The molecule has 1 aliphatic heterocycles. The van der Waals surface area contributed by atoms with Crippen LogP contribution < -0.4 is 10.6 Å². The standard InChI is InChI=1S/C10H11ClN4O3/c11-9-3-7(8(5-13-9)15(17)18)10(16)14-6-1-2-12-4-6/h3,5-6,12H,1-2,4H2,(H,14,16)/t6-/m0/s1. The van der Waals surface area contributed by atoms with Crippen LogP contribution in [0.5, 0.6) is 0 Å². The Hall–Kier alpha value is -1.73. The Morgan fingerprint density at radius 3 is 3.06 bits per heavy atom. The zero-order valence-corrected chi connectivity index (χ0v) is 10.1. The third-order valence-corrected chi connectivity index (χ3v) is 2.89. The van der Waals surface area contributed by atoms with E-state index in [9.17, 15) is 14.9 Å². The van der Waals surface area contributed by atoms with Crippen LogP contribution in [0.3, 0.4) is 0 Å². The van der Waals surface area contributed by atoms with E-state index in [2.05, 4.69) is 15.6 Å². The molecule has 1 fully saturated rings. The van der Waals surface area contributed by atoms with Gasteiger partial charge in [0, 0.05) is 12.6 Å². The lowest BCUT2D eigenvalue weighted by Gasteiger charge is -2.11. The van der Waals surface area contributed by atoms with Crippen molar-refractivity contribution in [3.63, 3.8) is 0 Å². The van der Waals surface area contributed by atoms with Crippen LogP contribution >= 0.6 is 11.6 Å². The number of rotatable bonds is 3. The maximum atomic E-state index is 11.9. The average molecular weight is 271 g/mol. The van der Waals surface area contributed by atoms with Gasteiger partial charge >= 0.3 is 0 Å². The second kappa shape index (κ2) is 5.28. The number of nitrogens with zero attached hydrogens (tertiary/aromatic N) is 2. The van der Waals surface area contributed by atoms with Crippen molar-refractivity contribution < 1.29 is 9.72 Å². The van der Waals surface area contributed by atoms with Crippen LogP contribution in [0.1, 0.15) is 16.8 Å². The van der Waals surface area contributed by atoms with Gasteiger partial charge in [0.05, 0.1) is 4.92 Å². The third-order valence-electron chi connectivity index (χ3n) is 2.69. The van der Waals surface area contributed by atoms with Crippen LogP contribution in [-0.2, 0) is 0 Å². The molecule has 1 amide bonds. The molecule has 18 heavy (non-hydrogen) atoms. The minimum atomic E-state index is -0.648. The number of nitro groups is 1. The van der Waals surface area contributed by atoms with Gasteiger partial charge < -0.3 is 10.6 Å². The van der Waals surface area contributed by atoms with Crippen LogP contribution in [0.25, 0.3) is 0 Å². The van der Waals surface area contributed by atoms with Crippen molar-refractivity contribution in [1.29, 1.82) is 0 Å². The Morgan fingerprint density at radius 1 is 1.67 bits per heavy atom. The highest BCUT2D eigenvalue weighted by Gasteiger charge is 2.24. The second-order valence-electron chi connectivity index (χ2n) is 3.94. The van der Waals surface area contributed by atoms with Gasteiger partial charge in [0.25, 0.3) is 11.6 Å². The minimum absolute atomic E-state index is 0.0101. The molecule has 96 valence electrons. The fourth-order valence-electron chi connectivity index (χ4n) is 1.79. The fourth-order valence-corrected chi connectivity index (χ4v) is 1.95. The van der Waals surface area contributed by atoms with E-state index in [0.717, 1.165) is 19.2 Å². The van der Waals surface area contributed by atoms with Crippen molar-refractivity contribution in [3.05, 3.63) is 33.1 Å². The van der Waals surface area contributed by atoms with Gasteiger partial charge in [0.1, 0.15) is 16.9 Å². The second-order valence-corrected chi connectivity index (χ2v) is 4.33. The Balaban J connectivity index is 2.22. The molecule has 0 spiro atoms. The van der Waals surface area contributed by atoms with E-state index < -0.39 is 10.8 Å². The van der Waals surface area contributed by atoms with Gasteiger partial charge in [-0.1, -0.05) is 11.6 Å². The lowest BCUT2D eigenvalue weighted by atomic mass is 10.2. The zero-order valence-electron chi connectivity index (χ0n) is 9.35. The molecule has 1 aromatic rings. The van der Waals surface area contributed by atoms with E-state index in [1.54, 1.807) is 0 Å². The SMILES string of the molecule is O=C(N[C@H]1CCNC1)c1cc(Cl)ncc1[N+](=O)[O-]. The molecule has 1 aliphatic rings. The van der Waals surface area contributed by atoms with Gasteiger partial charge in [-0.15, -0.1) is 0 Å². The molecule has 2 heterocycles. The Morgan fingerprint density at radius 2 is 2.44 bits per heavy atom. The van der Waals surface area contributed by atoms with Gasteiger partial charge in [-0.05, 0) is 19.0 Å². The largest absolute Gasteiger partial charge is 0.348 e. The number of hydrogen-bond acceptors (Lipinski definition) is 5.